The van der Waals surface area contributed by atoms with Gasteiger partial charge in [-0.2, -0.15) is 0 Å². The van der Waals surface area contributed by atoms with Crippen LogP contribution >= 0.6 is 11.6 Å². The predicted molar refractivity (Wildman–Crippen MR) is 91.1 cm³/mol. The van der Waals surface area contributed by atoms with E-state index in [4.69, 9.17) is 11.6 Å². The Morgan fingerprint density at radius 1 is 1.33 bits per heavy atom. The lowest BCUT2D eigenvalue weighted by Crippen LogP contribution is -2.36. The topological polar surface area (TPSA) is 65.5 Å². The number of nitrogens with zero attached hydrogens (tertiary/aromatic N) is 2. The number of pyridine rings is 1. The molecule has 1 aliphatic heterocycles. The van der Waals surface area contributed by atoms with Crippen LogP contribution in [0.5, 0.6) is 0 Å². The van der Waals surface area contributed by atoms with Crippen molar-refractivity contribution in [2.75, 3.05) is 23.3 Å². The highest BCUT2D eigenvalue weighted by atomic mass is 35.5. The van der Waals surface area contributed by atoms with Gasteiger partial charge in [0, 0.05) is 19.3 Å². The molecule has 3 rings (SSSR count). The van der Waals surface area contributed by atoms with Gasteiger partial charge in [-0.3, -0.25) is 4.79 Å². The van der Waals surface area contributed by atoms with E-state index < -0.39 is 11.7 Å². The first kappa shape index (κ1) is 16.7. The first-order chi connectivity index (χ1) is 11.5. The van der Waals surface area contributed by atoms with E-state index in [0.29, 0.717) is 37.4 Å². The normalized spacial score (nSPS) is 15.4. The molecule has 1 aromatic heterocycles. The Balaban J connectivity index is 1.82. The molecule has 0 spiro atoms. The maximum absolute atomic E-state index is 13.4. The number of aliphatic hydroxyl groups excluding tert-OH is 1. The standard InChI is InChI=1S/C17H17ClFN3O2/c18-14-4-3-11(19)10-13(14)17(24)21-15-2-1-7-20-16(15)22-8-5-12(23)6-9-22/h1-4,7,10,12,23H,5-6,8-9H2,(H,21,24). The number of halogens is 2. The van der Waals surface area contributed by atoms with Crippen LogP contribution in [0.2, 0.25) is 5.02 Å². The molecule has 7 heteroatoms. The van der Waals surface area contributed by atoms with Crippen molar-refractivity contribution in [3.05, 3.63) is 52.9 Å². The monoisotopic (exact) mass is 349 g/mol. The van der Waals surface area contributed by atoms with Gasteiger partial charge in [0.2, 0.25) is 0 Å². The number of benzene rings is 1. The maximum atomic E-state index is 13.4. The summed E-state index contributed by atoms with van der Waals surface area (Å²) in [5.74, 6) is -0.392. The molecule has 0 atom stereocenters. The zero-order chi connectivity index (χ0) is 17.1. The molecule has 0 saturated carbocycles. The Kier molecular flexibility index (Phi) is 4.97. The van der Waals surface area contributed by atoms with Crippen LogP contribution in [0.25, 0.3) is 0 Å². The molecule has 0 unspecified atom stereocenters. The Hall–Kier alpha value is -2.18. The summed E-state index contributed by atoms with van der Waals surface area (Å²) in [7, 11) is 0. The van der Waals surface area contributed by atoms with E-state index in [1.165, 1.54) is 12.1 Å². The summed E-state index contributed by atoms with van der Waals surface area (Å²) in [6.45, 7) is 1.31. The highest BCUT2D eigenvalue weighted by Crippen LogP contribution is 2.27. The summed E-state index contributed by atoms with van der Waals surface area (Å²) < 4.78 is 13.4. The number of hydrogen-bond acceptors (Lipinski definition) is 4. The fourth-order valence-corrected chi connectivity index (χ4v) is 2.89. The summed E-state index contributed by atoms with van der Waals surface area (Å²) in [4.78, 5) is 18.8. The largest absolute Gasteiger partial charge is 0.393 e. The summed E-state index contributed by atoms with van der Waals surface area (Å²) in [5, 5.41) is 12.6. The molecule has 0 bridgehead atoms. The van der Waals surface area contributed by atoms with E-state index in [0.717, 1.165) is 6.07 Å². The molecule has 0 radical (unpaired) electrons. The SMILES string of the molecule is O=C(Nc1cccnc1N1CCC(O)CC1)c1cc(F)ccc1Cl. The molecular formula is C17H17ClFN3O2. The molecule has 24 heavy (non-hydrogen) atoms. The van der Waals surface area contributed by atoms with Crippen molar-refractivity contribution in [3.8, 4) is 0 Å². The molecule has 1 saturated heterocycles. The van der Waals surface area contributed by atoms with Gasteiger partial charge >= 0.3 is 0 Å². The Labute approximate surface area is 144 Å². The second-order valence-electron chi connectivity index (χ2n) is 5.67. The number of rotatable bonds is 3. The number of hydrogen-bond donors (Lipinski definition) is 2. The second-order valence-corrected chi connectivity index (χ2v) is 6.08. The number of aromatic nitrogens is 1. The maximum Gasteiger partial charge on any atom is 0.257 e. The van der Waals surface area contributed by atoms with Crippen LogP contribution in [0.4, 0.5) is 15.9 Å². The third-order valence-corrected chi connectivity index (χ3v) is 4.30. The number of carbonyl (C=O) groups is 1. The van der Waals surface area contributed by atoms with Crippen LogP contribution in [-0.4, -0.2) is 35.2 Å². The van der Waals surface area contributed by atoms with E-state index in [1.54, 1.807) is 18.3 Å². The van der Waals surface area contributed by atoms with E-state index >= 15 is 0 Å². The molecule has 1 fully saturated rings. The zero-order valence-corrected chi connectivity index (χ0v) is 13.6. The summed E-state index contributed by atoms with van der Waals surface area (Å²) in [6.07, 6.45) is 2.65. The third-order valence-electron chi connectivity index (χ3n) is 3.97. The van der Waals surface area contributed by atoms with Gasteiger partial charge in [0.25, 0.3) is 5.91 Å². The lowest BCUT2D eigenvalue weighted by Gasteiger charge is -2.31. The van der Waals surface area contributed by atoms with Crippen LogP contribution in [0.3, 0.4) is 0 Å². The molecular weight excluding hydrogens is 333 g/mol. The average Bonchev–Trinajstić information content (AvgIpc) is 2.58. The minimum Gasteiger partial charge on any atom is -0.393 e. The second kappa shape index (κ2) is 7.15. The van der Waals surface area contributed by atoms with E-state index in [2.05, 4.69) is 10.3 Å². The van der Waals surface area contributed by atoms with Crippen molar-refractivity contribution in [3.63, 3.8) is 0 Å². The zero-order valence-electron chi connectivity index (χ0n) is 12.9. The van der Waals surface area contributed by atoms with Crippen LogP contribution in [0.1, 0.15) is 23.2 Å². The Bertz CT molecular complexity index is 748. The van der Waals surface area contributed by atoms with Crippen molar-refractivity contribution in [1.82, 2.24) is 4.98 Å². The Morgan fingerprint density at radius 2 is 2.08 bits per heavy atom. The number of nitrogens with one attached hydrogen (secondary N) is 1. The highest BCUT2D eigenvalue weighted by molar-refractivity contribution is 6.34. The molecule has 126 valence electrons. The molecule has 1 aromatic carbocycles. The molecule has 0 aliphatic carbocycles. The minimum absolute atomic E-state index is 0.0699. The average molecular weight is 350 g/mol. The Morgan fingerprint density at radius 3 is 2.83 bits per heavy atom. The molecule has 2 N–H and O–H groups in total. The van der Waals surface area contributed by atoms with Gasteiger partial charge in [-0.25, -0.2) is 9.37 Å². The first-order valence-corrected chi connectivity index (χ1v) is 8.07. The van der Waals surface area contributed by atoms with Crippen LogP contribution < -0.4 is 10.2 Å². The number of carbonyl (C=O) groups excluding carboxylic acids is 1. The van der Waals surface area contributed by atoms with Crippen molar-refractivity contribution < 1.29 is 14.3 Å². The molecule has 1 amide bonds. The number of amides is 1. The fraction of sp³-hybridized carbons (Fsp3) is 0.294. The number of aliphatic hydroxyl groups is 1. The number of anilines is 2. The molecule has 2 aromatic rings. The molecule has 1 aliphatic rings. The fourth-order valence-electron chi connectivity index (χ4n) is 2.69. The van der Waals surface area contributed by atoms with Gasteiger partial charge in [-0.1, -0.05) is 11.6 Å². The lowest BCUT2D eigenvalue weighted by atomic mass is 10.1. The van der Waals surface area contributed by atoms with Crippen molar-refractivity contribution in [2.45, 2.75) is 18.9 Å². The van der Waals surface area contributed by atoms with E-state index in [-0.39, 0.29) is 16.7 Å². The minimum atomic E-state index is -0.527. The van der Waals surface area contributed by atoms with Crippen LogP contribution in [0.15, 0.2) is 36.5 Å². The highest BCUT2D eigenvalue weighted by Gasteiger charge is 2.21. The van der Waals surface area contributed by atoms with Crippen molar-refractivity contribution in [2.24, 2.45) is 0 Å². The lowest BCUT2D eigenvalue weighted by molar-refractivity contribution is 0.102. The van der Waals surface area contributed by atoms with Gasteiger partial charge in [-0.05, 0) is 43.2 Å². The number of piperidine rings is 1. The van der Waals surface area contributed by atoms with E-state index in [9.17, 15) is 14.3 Å². The van der Waals surface area contributed by atoms with Crippen molar-refractivity contribution >= 4 is 29.0 Å². The molecule has 2 heterocycles. The predicted octanol–water partition coefficient (Wildman–Crippen LogP) is 3.09. The van der Waals surface area contributed by atoms with Gasteiger partial charge < -0.3 is 15.3 Å². The summed E-state index contributed by atoms with van der Waals surface area (Å²) >= 11 is 5.98. The summed E-state index contributed by atoms with van der Waals surface area (Å²) in [6, 6.07) is 7.10. The van der Waals surface area contributed by atoms with Crippen LogP contribution in [0, 0.1) is 5.82 Å². The quantitative estimate of drug-likeness (QED) is 0.893. The van der Waals surface area contributed by atoms with Gasteiger partial charge in [-0.15, -0.1) is 0 Å². The van der Waals surface area contributed by atoms with Gasteiger partial charge in [0.1, 0.15) is 5.82 Å². The van der Waals surface area contributed by atoms with Crippen LogP contribution in [-0.2, 0) is 0 Å². The smallest absolute Gasteiger partial charge is 0.257 e. The van der Waals surface area contributed by atoms with Gasteiger partial charge in [0.15, 0.2) is 5.82 Å². The van der Waals surface area contributed by atoms with E-state index in [1.807, 2.05) is 4.90 Å². The third kappa shape index (κ3) is 3.66. The molecule has 5 nitrogen and oxygen atoms in total. The summed E-state index contributed by atoms with van der Waals surface area (Å²) in [5.41, 5.74) is 0.597. The van der Waals surface area contributed by atoms with Crippen molar-refractivity contribution in [1.29, 1.82) is 0 Å². The van der Waals surface area contributed by atoms with Gasteiger partial charge in [0.05, 0.1) is 22.4 Å². The first-order valence-electron chi connectivity index (χ1n) is 7.69.